The second-order valence-corrected chi connectivity index (χ2v) is 9.85. The van der Waals surface area contributed by atoms with Gasteiger partial charge in [-0.15, -0.1) is 0 Å². The van der Waals surface area contributed by atoms with E-state index >= 15 is 0 Å². The summed E-state index contributed by atoms with van der Waals surface area (Å²) < 4.78 is 39.3. The number of phenols is 1. The number of hydrogen-bond donors (Lipinski definition) is 3. The molecule has 1 fully saturated rings. The Bertz CT molecular complexity index is 1310. The Kier molecular flexibility index (Phi) is 6.99. The highest BCUT2D eigenvalue weighted by Crippen LogP contribution is 2.44. The van der Waals surface area contributed by atoms with Crippen LogP contribution in [0.15, 0.2) is 42.6 Å². The first-order valence-corrected chi connectivity index (χ1v) is 12.7. The number of rotatable bonds is 8. The molecule has 11 heteroatoms. The van der Waals surface area contributed by atoms with Gasteiger partial charge in [0.25, 0.3) is 0 Å². The fourth-order valence-corrected chi connectivity index (χ4v) is 5.29. The van der Waals surface area contributed by atoms with Gasteiger partial charge in [-0.2, -0.15) is 17.7 Å². The molecule has 0 saturated carbocycles. The fraction of sp³-hybridized carbons (Fsp3) is 0.333. The fourth-order valence-electron chi connectivity index (χ4n) is 4.12. The molecule has 0 radical (unpaired) electrons. The summed E-state index contributed by atoms with van der Waals surface area (Å²) in [5.41, 5.74) is 14.2. The Hall–Kier alpha value is -3.57. The van der Waals surface area contributed by atoms with Crippen molar-refractivity contribution >= 4 is 22.1 Å². The van der Waals surface area contributed by atoms with Gasteiger partial charge in [-0.25, -0.2) is 4.98 Å². The summed E-state index contributed by atoms with van der Waals surface area (Å²) in [5.74, 6) is 0.618. The predicted octanol–water partition coefficient (Wildman–Crippen LogP) is 3.28. The van der Waals surface area contributed by atoms with Crippen LogP contribution in [0.5, 0.6) is 17.2 Å². The van der Waals surface area contributed by atoms with Crippen LogP contribution in [0, 0.1) is 0 Å². The molecule has 0 bridgehead atoms. The number of anilines is 2. The largest absolute Gasteiger partial charge is 0.508 e. The third-order valence-electron chi connectivity index (χ3n) is 5.95. The van der Waals surface area contributed by atoms with E-state index < -0.39 is 10.3 Å². The van der Waals surface area contributed by atoms with E-state index in [-0.39, 0.29) is 29.2 Å². The number of nitrogen functional groups attached to an aromatic ring is 2. The maximum absolute atomic E-state index is 13.1. The average molecular weight is 500 g/mol. The molecule has 0 aliphatic carbocycles. The molecule has 2 aromatic carbocycles. The molecule has 1 atom stereocenters. The summed E-state index contributed by atoms with van der Waals surface area (Å²) in [6.07, 6.45) is 3.12. The van der Waals surface area contributed by atoms with Crippen LogP contribution in [-0.4, -0.2) is 47.5 Å². The molecule has 1 unspecified atom stereocenters. The van der Waals surface area contributed by atoms with E-state index in [1.807, 2.05) is 19.9 Å². The first-order chi connectivity index (χ1) is 16.7. The van der Waals surface area contributed by atoms with Crippen molar-refractivity contribution in [3.8, 4) is 28.4 Å². The minimum absolute atomic E-state index is 0.0665. The molecule has 4 rings (SSSR count). The standard InChI is InChI=1S/C24H29N5O5S/c1-3-33-20-12-17(15(2)19-14-27-24(26)28-23(19)25)13-21(22(20)16-6-8-18(30)9-7-16)34-35(31,32)29-10-4-5-11-29/h6-9,12-15,30H,3-5,10-11H2,1-2H3,(H4,25,26,27,28). The van der Waals surface area contributed by atoms with Crippen LogP contribution < -0.4 is 20.4 Å². The summed E-state index contributed by atoms with van der Waals surface area (Å²) in [6, 6.07) is 9.88. The second kappa shape index (κ2) is 9.96. The van der Waals surface area contributed by atoms with Gasteiger partial charge in [0.2, 0.25) is 5.95 Å². The lowest BCUT2D eigenvalue weighted by molar-refractivity contribution is 0.339. The second-order valence-electron chi connectivity index (χ2n) is 8.31. The van der Waals surface area contributed by atoms with Crippen molar-refractivity contribution in [1.29, 1.82) is 0 Å². The molecule has 5 N–H and O–H groups in total. The quantitative estimate of drug-likeness (QED) is 0.423. The van der Waals surface area contributed by atoms with Gasteiger partial charge in [0.15, 0.2) is 5.75 Å². The van der Waals surface area contributed by atoms with E-state index in [1.165, 1.54) is 16.4 Å². The molecule has 3 aromatic rings. The van der Waals surface area contributed by atoms with Gasteiger partial charge in [0, 0.05) is 30.8 Å². The molecule has 0 spiro atoms. The van der Waals surface area contributed by atoms with E-state index in [0.29, 0.717) is 47.7 Å². The van der Waals surface area contributed by atoms with Crippen LogP contribution in [-0.2, 0) is 10.3 Å². The number of aromatic hydroxyl groups is 1. The molecule has 2 heterocycles. The molecular formula is C24H29N5O5S. The van der Waals surface area contributed by atoms with Gasteiger partial charge in [-0.1, -0.05) is 19.1 Å². The van der Waals surface area contributed by atoms with Crippen LogP contribution in [0.4, 0.5) is 11.8 Å². The van der Waals surface area contributed by atoms with E-state index in [9.17, 15) is 13.5 Å². The number of aromatic nitrogens is 2. The van der Waals surface area contributed by atoms with Crippen molar-refractivity contribution in [2.75, 3.05) is 31.2 Å². The van der Waals surface area contributed by atoms with Crippen molar-refractivity contribution in [2.24, 2.45) is 0 Å². The highest BCUT2D eigenvalue weighted by atomic mass is 32.2. The van der Waals surface area contributed by atoms with Gasteiger partial charge in [0.1, 0.15) is 17.3 Å². The van der Waals surface area contributed by atoms with Crippen LogP contribution in [0.2, 0.25) is 0 Å². The van der Waals surface area contributed by atoms with E-state index in [0.717, 1.165) is 12.8 Å². The summed E-state index contributed by atoms with van der Waals surface area (Å²) >= 11 is 0. The van der Waals surface area contributed by atoms with Gasteiger partial charge >= 0.3 is 10.3 Å². The van der Waals surface area contributed by atoms with Crippen LogP contribution in [0.1, 0.15) is 43.7 Å². The summed E-state index contributed by atoms with van der Waals surface area (Å²) in [4.78, 5) is 8.09. The third kappa shape index (κ3) is 5.25. The molecule has 0 amide bonds. The van der Waals surface area contributed by atoms with E-state index in [1.54, 1.807) is 24.4 Å². The summed E-state index contributed by atoms with van der Waals surface area (Å²) in [5, 5.41) is 9.77. The molecular weight excluding hydrogens is 470 g/mol. The van der Waals surface area contributed by atoms with Gasteiger partial charge in [0.05, 0.1) is 12.2 Å². The maximum Gasteiger partial charge on any atom is 0.385 e. The van der Waals surface area contributed by atoms with Crippen molar-refractivity contribution in [3.05, 3.63) is 53.7 Å². The Morgan fingerprint density at radius 2 is 1.77 bits per heavy atom. The molecule has 1 aliphatic heterocycles. The lowest BCUT2D eigenvalue weighted by Gasteiger charge is -2.22. The Labute approximate surface area is 204 Å². The van der Waals surface area contributed by atoms with Crippen molar-refractivity contribution in [2.45, 2.75) is 32.6 Å². The van der Waals surface area contributed by atoms with Crippen molar-refractivity contribution in [3.63, 3.8) is 0 Å². The SMILES string of the molecule is CCOc1cc(C(C)c2cnc(N)nc2N)cc(OS(=O)(=O)N2CCCC2)c1-c1ccc(O)cc1. The predicted molar refractivity (Wildman–Crippen MR) is 133 cm³/mol. The number of phenolic OH excluding ortho intramolecular Hbond substituents is 1. The lowest BCUT2D eigenvalue weighted by Crippen LogP contribution is -2.32. The molecule has 186 valence electrons. The normalized spacial score (nSPS) is 15.1. The zero-order chi connectivity index (χ0) is 25.2. The Balaban J connectivity index is 1.88. The summed E-state index contributed by atoms with van der Waals surface area (Å²) in [7, 11) is -4.04. The minimum atomic E-state index is -4.04. The van der Waals surface area contributed by atoms with Crippen LogP contribution >= 0.6 is 0 Å². The number of nitrogens with two attached hydrogens (primary N) is 2. The van der Waals surface area contributed by atoms with E-state index in [4.69, 9.17) is 20.4 Å². The van der Waals surface area contributed by atoms with Crippen LogP contribution in [0.3, 0.4) is 0 Å². The highest BCUT2D eigenvalue weighted by Gasteiger charge is 2.30. The molecule has 1 saturated heterocycles. The number of nitrogens with zero attached hydrogens (tertiary/aromatic N) is 3. The van der Waals surface area contributed by atoms with Gasteiger partial charge in [-0.3, -0.25) is 0 Å². The topological polar surface area (TPSA) is 154 Å². The Morgan fingerprint density at radius 1 is 1.11 bits per heavy atom. The number of hydrogen-bond acceptors (Lipinski definition) is 9. The van der Waals surface area contributed by atoms with Gasteiger partial charge in [-0.05, 0) is 55.2 Å². The Morgan fingerprint density at radius 3 is 2.40 bits per heavy atom. The van der Waals surface area contributed by atoms with Crippen LogP contribution in [0.25, 0.3) is 11.1 Å². The summed E-state index contributed by atoms with van der Waals surface area (Å²) in [6.45, 7) is 4.89. The minimum Gasteiger partial charge on any atom is -0.508 e. The molecule has 1 aromatic heterocycles. The van der Waals surface area contributed by atoms with Crippen molar-refractivity contribution in [1.82, 2.24) is 14.3 Å². The van der Waals surface area contributed by atoms with Gasteiger partial charge < -0.3 is 25.5 Å². The molecule has 1 aliphatic rings. The first-order valence-electron chi connectivity index (χ1n) is 11.4. The first kappa shape index (κ1) is 24.6. The highest BCUT2D eigenvalue weighted by molar-refractivity contribution is 7.84. The smallest absolute Gasteiger partial charge is 0.385 e. The number of ether oxygens (including phenoxy) is 1. The maximum atomic E-state index is 13.1. The zero-order valence-electron chi connectivity index (χ0n) is 19.6. The lowest BCUT2D eigenvalue weighted by atomic mass is 9.91. The average Bonchev–Trinajstić information content (AvgIpc) is 3.36. The molecule has 35 heavy (non-hydrogen) atoms. The van der Waals surface area contributed by atoms with E-state index in [2.05, 4.69) is 9.97 Å². The molecule has 10 nitrogen and oxygen atoms in total. The monoisotopic (exact) mass is 499 g/mol. The number of benzene rings is 2. The zero-order valence-corrected chi connectivity index (χ0v) is 20.5. The third-order valence-corrected chi connectivity index (χ3v) is 7.34. The van der Waals surface area contributed by atoms with Crippen molar-refractivity contribution < 1.29 is 22.4 Å².